The van der Waals surface area contributed by atoms with Gasteiger partial charge in [0, 0.05) is 19.6 Å². The van der Waals surface area contributed by atoms with Crippen LogP contribution >= 0.6 is 0 Å². The first-order chi connectivity index (χ1) is 16.9. The maximum absolute atomic E-state index is 13.2. The Labute approximate surface area is 215 Å². The Balaban J connectivity index is 4.94. The summed E-state index contributed by atoms with van der Waals surface area (Å²) in [6, 6.07) is -1.21. The molecular weight excluding hydrogens is 468 g/mol. The van der Waals surface area contributed by atoms with Gasteiger partial charge in [-0.15, -0.1) is 0 Å². The van der Waals surface area contributed by atoms with E-state index < -0.39 is 47.1 Å². The van der Waals surface area contributed by atoms with Crippen molar-refractivity contribution in [1.29, 1.82) is 0 Å². The summed E-state index contributed by atoms with van der Waals surface area (Å²) < 4.78 is 10.8. The molecule has 0 aliphatic carbocycles. The van der Waals surface area contributed by atoms with Crippen molar-refractivity contribution in [2.24, 2.45) is 11.7 Å². The first kappa shape index (κ1) is 33.5. The molecule has 208 valence electrons. The highest BCUT2D eigenvalue weighted by atomic mass is 16.6. The molecule has 2 amide bonds. The van der Waals surface area contributed by atoms with E-state index in [1.54, 1.807) is 20.8 Å². The molecule has 0 unspecified atom stereocenters. The van der Waals surface area contributed by atoms with E-state index in [2.05, 4.69) is 12.2 Å². The SMILES string of the molecule is CCCCCCCCCCOCC[C@H](C(=O)C(N)=O)C(=O)[C@H](CCCC(=O)O)NC(=O)OC(C)(C)C. The number of rotatable bonds is 21. The van der Waals surface area contributed by atoms with E-state index in [9.17, 15) is 24.0 Å². The third-order valence-corrected chi connectivity index (χ3v) is 5.51. The second-order valence-corrected chi connectivity index (χ2v) is 10.0. The van der Waals surface area contributed by atoms with Crippen molar-refractivity contribution in [2.45, 2.75) is 116 Å². The highest BCUT2D eigenvalue weighted by Crippen LogP contribution is 2.16. The van der Waals surface area contributed by atoms with Crippen LogP contribution < -0.4 is 11.1 Å². The number of unbranched alkanes of at least 4 members (excludes halogenated alkanes) is 7. The number of carbonyl (C=O) groups excluding carboxylic acids is 4. The highest BCUT2D eigenvalue weighted by molar-refractivity contribution is 6.40. The van der Waals surface area contributed by atoms with Crippen LogP contribution in [0.2, 0.25) is 0 Å². The van der Waals surface area contributed by atoms with Crippen molar-refractivity contribution < 1.29 is 38.6 Å². The third kappa shape index (κ3) is 17.0. The molecule has 0 bridgehead atoms. The number of Topliss-reactive ketones (excluding diaryl/α,β-unsaturated/α-hetero) is 2. The van der Waals surface area contributed by atoms with Crippen molar-refractivity contribution in [3.63, 3.8) is 0 Å². The normalized spacial score (nSPS) is 13.0. The number of carboxylic acids is 1. The number of hydrogen-bond acceptors (Lipinski definition) is 7. The van der Waals surface area contributed by atoms with E-state index in [1.165, 1.54) is 32.1 Å². The molecule has 0 fully saturated rings. The molecule has 0 radical (unpaired) electrons. The van der Waals surface area contributed by atoms with E-state index in [4.69, 9.17) is 20.3 Å². The average molecular weight is 515 g/mol. The quantitative estimate of drug-likeness (QED) is 0.118. The molecule has 2 atom stereocenters. The number of carboxylic acid groups (broad SMARTS) is 1. The van der Waals surface area contributed by atoms with Crippen LogP contribution in [-0.2, 0) is 28.7 Å². The van der Waals surface area contributed by atoms with Crippen LogP contribution in [0.1, 0.15) is 105 Å². The third-order valence-electron chi connectivity index (χ3n) is 5.51. The summed E-state index contributed by atoms with van der Waals surface area (Å²) in [5.41, 5.74) is 4.33. The number of primary amides is 1. The number of alkyl carbamates (subject to hydrolysis) is 1. The maximum Gasteiger partial charge on any atom is 0.408 e. The molecule has 0 aromatic rings. The Kier molecular flexibility index (Phi) is 17.4. The zero-order chi connectivity index (χ0) is 27.6. The first-order valence-electron chi connectivity index (χ1n) is 13.1. The van der Waals surface area contributed by atoms with E-state index >= 15 is 0 Å². The molecule has 10 nitrogen and oxygen atoms in total. The summed E-state index contributed by atoms with van der Waals surface area (Å²) in [6.07, 6.45) is 8.05. The Morgan fingerprint density at radius 1 is 0.861 bits per heavy atom. The topological polar surface area (TPSA) is 162 Å². The van der Waals surface area contributed by atoms with Gasteiger partial charge in [-0.25, -0.2) is 4.79 Å². The van der Waals surface area contributed by atoms with Crippen LogP contribution in [0, 0.1) is 5.92 Å². The standard InChI is InChI=1S/C26H46N2O8/c1-5-6-7-8-9-10-11-12-17-35-18-16-19(23(32)24(27)33)22(31)20(14-13-15-21(29)30)28-25(34)36-26(2,3)4/h19-20H,5-18H2,1-4H3,(H2,27,33)(H,28,34)(H,29,30)/t19-,20-/m0/s1. The van der Waals surface area contributed by atoms with Gasteiger partial charge in [0.05, 0.1) is 12.0 Å². The molecular formula is C26H46N2O8. The smallest absolute Gasteiger partial charge is 0.408 e. The zero-order valence-corrected chi connectivity index (χ0v) is 22.4. The summed E-state index contributed by atoms with van der Waals surface area (Å²) in [6.45, 7) is 7.67. The molecule has 0 heterocycles. The summed E-state index contributed by atoms with van der Waals surface area (Å²) in [7, 11) is 0. The molecule has 36 heavy (non-hydrogen) atoms. The highest BCUT2D eigenvalue weighted by Gasteiger charge is 2.36. The van der Waals surface area contributed by atoms with Gasteiger partial charge in [0.2, 0.25) is 5.78 Å². The van der Waals surface area contributed by atoms with Crippen molar-refractivity contribution in [2.75, 3.05) is 13.2 Å². The molecule has 0 spiro atoms. The fraction of sp³-hybridized carbons (Fsp3) is 0.808. The molecule has 10 heteroatoms. The second kappa shape index (κ2) is 18.7. The monoisotopic (exact) mass is 514 g/mol. The lowest BCUT2D eigenvalue weighted by atomic mass is 9.88. The fourth-order valence-corrected chi connectivity index (χ4v) is 3.65. The van der Waals surface area contributed by atoms with Gasteiger partial charge in [0.25, 0.3) is 5.91 Å². The van der Waals surface area contributed by atoms with Crippen LogP contribution in [0.3, 0.4) is 0 Å². The molecule has 0 aromatic heterocycles. The van der Waals surface area contributed by atoms with E-state index in [-0.39, 0.29) is 32.3 Å². The molecule has 0 aliphatic rings. The minimum absolute atomic E-state index is 0.0357. The lowest BCUT2D eigenvalue weighted by Gasteiger charge is -2.25. The predicted octanol–water partition coefficient (Wildman–Crippen LogP) is 3.92. The number of ether oxygens (including phenoxy) is 2. The minimum atomic E-state index is -1.40. The summed E-state index contributed by atoms with van der Waals surface area (Å²) in [5, 5.41) is 11.3. The average Bonchev–Trinajstić information content (AvgIpc) is 2.77. The number of ketones is 2. The van der Waals surface area contributed by atoms with Gasteiger partial charge in [-0.2, -0.15) is 0 Å². The van der Waals surface area contributed by atoms with E-state index in [0.717, 1.165) is 19.3 Å². The van der Waals surface area contributed by atoms with Crippen molar-refractivity contribution in [1.82, 2.24) is 5.32 Å². The van der Waals surface area contributed by atoms with Crippen LogP contribution in [-0.4, -0.2) is 59.5 Å². The minimum Gasteiger partial charge on any atom is -0.481 e. The molecule has 0 rings (SSSR count). The molecule has 4 N–H and O–H groups in total. The Hall–Kier alpha value is -2.49. The number of amides is 2. The second-order valence-electron chi connectivity index (χ2n) is 10.0. The van der Waals surface area contributed by atoms with E-state index in [0.29, 0.717) is 6.61 Å². The number of nitrogens with two attached hydrogens (primary N) is 1. The lowest BCUT2D eigenvalue weighted by Crippen LogP contribution is -2.48. The maximum atomic E-state index is 13.2. The van der Waals surface area contributed by atoms with Gasteiger partial charge in [-0.3, -0.25) is 19.2 Å². The molecule has 0 saturated carbocycles. The Morgan fingerprint density at radius 2 is 1.44 bits per heavy atom. The van der Waals surface area contributed by atoms with Gasteiger partial charge in [0.1, 0.15) is 5.60 Å². The molecule has 0 saturated heterocycles. The summed E-state index contributed by atoms with van der Waals surface area (Å²) >= 11 is 0. The molecule has 0 aliphatic heterocycles. The number of hydrogen-bond donors (Lipinski definition) is 3. The number of nitrogens with one attached hydrogen (secondary N) is 1. The van der Waals surface area contributed by atoms with Crippen LogP contribution in [0.5, 0.6) is 0 Å². The predicted molar refractivity (Wildman–Crippen MR) is 135 cm³/mol. The van der Waals surface area contributed by atoms with Crippen LogP contribution in [0.25, 0.3) is 0 Å². The fourth-order valence-electron chi connectivity index (χ4n) is 3.65. The van der Waals surface area contributed by atoms with Crippen molar-refractivity contribution >= 4 is 29.5 Å². The van der Waals surface area contributed by atoms with Gasteiger partial charge in [0.15, 0.2) is 5.78 Å². The van der Waals surface area contributed by atoms with Gasteiger partial charge < -0.3 is 25.6 Å². The van der Waals surface area contributed by atoms with Gasteiger partial charge in [-0.05, 0) is 46.5 Å². The first-order valence-corrected chi connectivity index (χ1v) is 13.1. The van der Waals surface area contributed by atoms with Crippen LogP contribution in [0.4, 0.5) is 4.79 Å². The summed E-state index contributed by atoms with van der Waals surface area (Å²) in [5.74, 6) is -5.49. The van der Waals surface area contributed by atoms with Crippen LogP contribution in [0.15, 0.2) is 0 Å². The molecule has 0 aromatic carbocycles. The zero-order valence-electron chi connectivity index (χ0n) is 22.4. The van der Waals surface area contributed by atoms with E-state index in [1.807, 2.05) is 0 Å². The van der Waals surface area contributed by atoms with Gasteiger partial charge in [-0.1, -0.05) is 51.9 Å². The largest absolute Gasteiger partial charge is 0.481 e. The van der Waals surface area contributed by atoms with Gasteiger partial charge >= 0.3 is 12.1 Å². The lowest BCUT2D eigenvalue weighted by molar-refractivity contribution is -0.143. The van der Waals surface area contributed by atoms with Crippen molar-refractivity contribution in [3.8, 4) is 0 Å². The number of carbonyl (C=O) groups is 5. The summed E-state index contributed by atoms with van der Waals surface area (Å²) in [4.78, 5) is 60.3. The Bertz CT molecular complexity index is 703. The Morgan fingerprint density at radius 3 is 1.97 bits per heavy atom. The van der Waals surface area contributed by atoms with Crippen molar-refractivity contribution in [3.05, 3.63) is 0 Å². The number of aliphatic carboxylic acids is 1.